The molecule has 5 heteroatoms. The van der Waals surface area contributed by atoms with Gasteiger partial charge in [-0.3, -0.25) is 14.4 Å². The first-order chi connectivity index (χ1) is 11.5. The van der Waals surface area contributed by atoms with Crippen molar-refractivity contribution >= 4 is 28.8 Å². The number of hydrogen-bond acceptors (Lipinski definition) is 4. The lowest BCUT2D eigenvalue weighted by atomic mass is 10.1. The van der Waals surface area contributed by atoms with E-state index in [9.17, 15) is 14.4 Å². The molecule has 0 fully saturated rings. The molecule has 126 valence electrons. The quantitative estimate of drug-likeness (QED) is 0.706. The van der Waals surface area contributed by atoms with Crippen molar-refractivity contribution < 1.29 is 14.4 Å². The van der Waals surface area contributed by atoms with E-state index >= 15 is 0 Å². The highest BCUT2D eigenvalue weighted by Gasteiger charge is 2.12. The van der Waals surface area contributed by atoms with E-state index in [1.54, 1.807) is 6.07 Å². The third-order valence-corrected chi connectivity index (χ3v) is 4.65. The molecule has 4 nitrogen and oxygen atoms in total. The molecule has 2 rings (SSSR count). The van der Waals surface area contributed by atoms with Crippen LogP contribution in [-0.2, 0) is 16.1 Å². The predicted octanol–water partition coefficient (Wildman–Crippen LogP) is 3.69. The number of amides is 1. The van der Waals surface area contributed by atoms with Crippen LogP contribution in [0.1, 0.15) is 45.8 Å². The summed E-state index contributed by atoms with van der Waals surface area (Å²) in [6.07, 6.45) is 0.751. The lowest BCUT2D eigenvalue weighted by molar-refractivity contribution is -0.125. The minimum Gasteiger partial charge on any atom is -0.352 e. The fraction of sp³-hybridized carbons (Fsp3) is 0.316. The zero-order chi connectivity index (χ0) is 17.4. The number of aryl methyl sites for hydroxylation is 1. The standard InChI is InChI=1S/C19H21NO3S/c1-14-7-11-18(24-14)17(22)10-8-16(21)9-12-19(23)20-13-15-5-3-2-4-6-15/h2-7,11H,8-10,12-13H2,1H3,(H,20,23). The number of carbonyl (C=O) groups is 3. The fourth-order valence-electron chi connectivity index (χ4n) is 2.22. The average molecular weight is 343 g/mol. The van der Waals surface area contributed by atoms with Gasteiger partial charge in [0.1, 0.15) is 5.78 Å². The van der Waals surface area contributed by atoms with Gasteiger partial charge in [-0.05, 0) is 24.6 Å². The highest BCUT2D eigenvalue weighted by atomic mass is 32.1. The van der Waals surface area contributed by atoms with Crippen LogP contribution in [0.15, 0.2) is 42.5 Å². The first kappa shape index (κ1) is 18.1. The summed E-state index contributed by atoms with van der Waals surface area (Å²) in [4.78, 5) is 37.3. The van der Waals surface area contributed by atoms with Crippen LogP contribution in [0.25, 0.3) is 0 Å². The molecular formula is C19H21NO3S. The Kier molecular flexibility index (Phi) is 6.88. The van der Waals surface area contributed by atoms with E-state index in [4.69, 9.17) is 0 Å². The van der Waals surface area contributed by atoms with Gasteiger partial charge in [-0.15, -0.1) is 11.3 Å². The van der Waals surface area contributed by atoms with Crippen molar-refractivity contribution in [2.75, 3.05) is 0 Å². The Hall–Kier alpha value is -2.27. The second-order valence-electron chi connectivity index (χ2n) is 5.63. The molecule has 24 heavy (non-hydrogen) atoms. The summed E-state index contributed by atoms with van der Waals surface area (Å²) in [5.74, 6) is -0.200. The Morgan fingerprint density at radius 2 is 1.62 bits per heavy atom. The Morgan fingerprint density at radius 1 is 0.917 bits per heavy atom. The molecule has 1 N–H and O–H groups in total. The molecule has 0 saturated heterocycles. The van der Waals surface area contributed by atoms with Crippen molar-refractivity contribution in [1.82, 2.24) is 5.32 Å². The molecule has 0 atom stereocenters. The van der Waals surface area contributed by atoms with Crippen molar-refractivity contribution in [2.24, 2.45) is 0 Å². The average Bonchev–Trinajstić information content (AvgIpc) is 3.03. The number of hydrogen-bond donors (Lipinski definition) is 1. The maximum Gasteiger partial charge on any atom is 0.220 e. The Bertz CT molecular complexity index is 706. The summed E-state index contributed by atoms with van der Waals surface area (Å²) in [6, 6.07) is 13.3. The van der Waals surface area contributed by atoms with Crippen molar-refractivity contribution in [3.05, 3.63) is 57.8 Å². The molecule has 1 amide bonds. The van der Waals surface area contributed by atoms with Crippen LogP contribution < -0.4 is 5.32 Å². The molecular weight excluding hydrogens is 322 g/mol. The van der Waals surface area contributed by atoms with Crippen molar-refractivity contribution in [1.29, 1.82) is 0 Å². The smallest absolute Gasteiger partial charge is 0.220 e. The van der Waals surface area contributed by atoms with Gasteiger partial charge in [-0.2, -0.15) is 0 Å². The van der Waals surface area contributed by atoms with E-state index in [0.717, 1.165) is 10.4 Å². The van der Waals surface area contributed by atoms with Gasteiger partial charge in [0.25, 0.3) is 0 Å². The summed E-state index contributed by atoms with van der Waals surface area (Å²) >= 11 is 1.45. The van der Waals surface area contributed by atoms with E-state index in [0.29, 0.717) is 11.4 Å². The maximum atomic E-state index is 11.9. The van der Waals surface area contributed by atoms with Crippen molar-refractivity contribution in [3.8, 4) is 0 Å². The van der Waals surface area contributed by atoms with Crippen LogP contribution in [-0.4, -0.2) is 17.5 Å². The molecule has 0 aliphatic heterocycles. The van der Waals surface area contributed by atoms with Gasteiger partial charge >= 0.3 is 0 Å². The zero-order valence-corrected chi connectivity index (χ0v) is 14.5. The van der Waals surface area contributed by atoms with Gasteiger partial charge in [-0.1, -0.05) is 30.3 Å². The Morgan fingerprint density at radius 3 is 2.29 bits per heavy atom. The van der Waals surface area contributed by atoms with Gasteiger partial charge in [0, 0.05) is 37.1 Å². The molecule has 1 aromatic heterocycles. The summed E-state index contributed by atoms with van der Waals surface area (Å²) < 4.78 is 0. The molecule has 0 aliphatic carbocycles. The van der Waals surface area contributed by atoms with Gasteiger partial charge in [0.2, 0.25) is 5.91 Å². The zero-order valence-electron chi connectivity index (χ0n) is 13.7. The Balaban J connectivity index is 1.63. The molecule has 0 unspecified atom stereocenters. The minimum atomic E-state index is -0.146. The van der Waals surface area contributed by atoms with Gasteiger partial charge in [0.05, 0.1) is 4.88 Å². The third kappa shape index (κ3) is 6.08. The van der Waals surface area contributed by atoms with E-state index in [1.807, 2.05) is 43.3 Å². The van der Waals surface area contributed by atoms with Gasteiger partial charge in [0.15, 0.2) is 5.78 Å². The van der Waals surface area contributed by atoms with E-state index < -0.39 is 0 Å². The molecule has 0 bridgehead atoms. The second-order valence-corrected chi connectivity index (χ2v) is 6.92. The number of nitrogens with one attached hydrogen (secondary N) is 1. The predicted molar refractivity (Wildman–Crippen MR) is 95.2 cm³/mol. The highest BCUT2D eigenvalue weighted by Crippen LogP contribution is 2.17. The Labute approximate surface area is 145 Å². The van der Waals surface area contributed by atoms with E-state index in [1.165, 1.54) is 11.3 Å². The van der Waals surface area contributed by atoms with Crippen LogP contribution in [0.4, 0.5) is 0 Å². The largest absolute Gasteiger partial charge is 0.352 e. The maximum absolute atomic E-state index is 11.9. The molecule has 1 heterocycles. The number of ketones is 2. The highest BCUT2D eigenvalue weighted by molar-refractivity contribution is 7.14. The van der Waals surface area contributed by atoms with Gasteiger partial charge < -0.3 is 5.32 Å². The fourth-order valence-corrected chi connectivity index (χ4v) is 3.06. The van der Waals surface area contributed by atoms with Crippen LogP contribution in [0, 0.1) is 6.92 Å². The van der Waals surface area contributed by atoms with Crippen molar-refractivity contribution in [3.63, 3.8) is 0 Å². The lowest BCUT2D eigenvalue weighted by Gasteiger charge is -2.05. The molecule has 0 saturated carbocycles. The molecule has 1 aromatic carbocycles. The minimum absolute atomic E-state index is 0.00465. The topological polar surface area (TPSA) is 63.2 Å². The van der Waals surface area contributed by atoms with E-state index in [-0.39, 0.29) is 43.2 Å². The molecule has 0 radical (unpaired) electrons. The summed E-state index contributed by atoms with van der Waals surface area (Å²) in [7, 11) is 0. The summed E-state index contributed by atoms with van der Waals surface area (Å²) in [5, 5.41) is 2.79. The van der Waals surface area contributed by atoms with Crippen LogP contribution in [0.2, 0.25) is 0 Å². The molecule has 0 aliphatic rings. The number of Topliss-reactive ketones (excluding diaryl/α,β-unsaturated/α-hetero) is 2. The number of carbonyl (C=O) groups excluding carboxylic acids is 3. The summed E-state index contributed by atoms with van der Waals surface area (Å²) in [6.45, 7) is 2.41. The van der Waals surface area contributed by atoms with Gasteiger partial charge in [-0.25, -0.2) is 0 Å². The molecule has 0 spiro atoms. The first-order valence-corrected chi connectivity index (χ1v) is 8.78. The van der Waals surface area contributed by atoms with E-state index in [2.05, 4.69) is 5.32 Å². The second kappa shape index (κ2) is 9.13. The number of rotatable bonds is 9. The van der Waals surface area contributed by atoms with Crippen LogP contribution in [0.3, 0.4) is 0 Å². The third-order valence-electron chi connectivity index (χ3n) is 3.61. The van der Waals surface area contributed by atoms with Crippen LogP contribution in [0.5, 0.6) is 0 Å². The van der Waals surface area contributed by atoms with Crippen molar-refractivity contribution in [2.45, 2.75) is 39.2 Å². The lowest BCUT2D eigenvalue weighted by Crippen LogP contribution is -2.23. The monoisotopic (exact) mass is 343 g/mol. The number of benzene rings is 1. The number of thiophene rings is 1. The van der Waals surface area contributed by atoms with Crippen LogP contribution >= 0.6 is 11.3 Å². The summed E-state index contributed by atoms with van der Waals surface area (Å²) in [5.41, 5.74) is 1.02. The SMILES string of the molecule is Cc1ccc(C(=O)CCC(=O)CCC(=O)NCc2ccccc2)s1. The molecule has 2 aromatic rings. The normalized spacial score (nSPS) is 10.4. The first-order valence-electron chi connectivity index (χ1n) is 7.96.